The highest BCUT2D eigenvalue weighted by molar-refractivity contribution is 5.98. The average Bonchev–Trinajstić information content (AvgIpc) is 2.89. The van der Waals surface area contributed by atoms with E-state index in [4.69, 9.17) is 0 Å². The zero-order valence-electron chi connectivity index (χ0n) is 18.4. The fourth-order valence-corrected chi connectivity index (χ4v) is 4.02. The summed E-state index contributed by atoms with van der Waals surface area (Å²) in [5, 5.41) is 5.71. The van der Waals surface area contributed by atoms with Crippen LogP contribution in [0.4, 0.5) is 0 Å². The summed E-state index contributed by atoms with van der Waals surface area (Å²) in [5.41, 5.74) is 4.53. The Bertz CT molecular complexity index is 1150. The number of hydrogen-bond acceptors (Lipinski definition) is 2. The monoisotopic (exact) mass is 434 g/mol. The largest absolute Gasteiger partial charge is 0.357 e. The molecule has 164 valence electrons. The van der Waals surface area contributed by atoms with E-state index in [1.165, 1.54) is 0 Å². The Kier molecular flexibility index (Phi) is 6.96. The fourth-order valence-electron chi connectivity index (χ4n) is 4.02. The van der Waals surface area contributed by atoms with Crippen LogP contribution in [0.5, 0.6) is 0 Å². The van der Waals surface area contributed by atoms with E-state index in [1.54, 1.807) is 19.2 Å². The van der Waals surface area contributed by atoms with Crippen molar-refractivity contribution in [2.24, 2.45) is 0 Å². The molecule has 2 amide bonds. The van der Waals surface area contributed by atoms with Crippen molar-refractivity contribution in [1.29, 1.82) is 0 Å². The summed E-state index contributed by atoms with van der Waals surface area (Å²) in [6, 6.07) is 36.2. The van der Waals surface area contributed by atoms with E-state index in [1.807, 2.05) is 103 Å². The molecule has 4 aromatic carbocycles. The lowest BCUT2D eigenvalue weighted by Gasteiger charge is -2.28. The van der Waals surface area contributed by atoms with Crippen LogP contribution in [0.25, 0.3) is 11.1 Å². The summed E-state index contributed by atoms with van der Waals surface area (Å²) < 4.78 is 0. The first-order valence-electron chi connectivity index (χ1n) is 10.9. The van der Waals surface area contributed by atoms with Gasteiger partial charge in [0.1, 0.15) is 6.04 Å². The molecule has 0 aromatic heterocycles. The van der Waals surface area contributed by atoms with Crippen molar-refractivity contribution in [2.75, 3.05) is 7.05 Å². The zero-order chi connectivity index (χ0) is 23.0. The molecule has 0 radical (unpaired) electrons. The van der Waals surface area contributed by atoms with Gasteiger partial charge in [-0.15, -0.1) is 0 Å². The van der Waals surface area contributed by atoms with E-state index < -0.39 is 6.04 Å². The number of benzene rings is 4. The molecule has 1 atom stereocenters. The molecule has 0 aliphatic rings. The first-order valence-corrected chi connectivity index (χ1v) is 10.9. The van der Waals surface area contributed by atoms with Crippen molar-refractivity contribution < 1.29 is 9.59 Å². The maximum atomic E-state index is 13.2. The molecule has 0 heterocycles. The van der Waals surface area contributed by atoms with Gasteiger partial charge in [0.2, 0.25) is 5.91 Å². The van der Waals surface area contributed by atoms with Gasteiger partial charge in [-0.3, -0.25) is 9.59 Å². The molecular formula is C29H26N2O2. The Balaban J connectivity index is 1.64. The Morgan fingerprint density at radius 1 is 0.606 bits per heavy atom. The highest BCUT2D eigenvalue weighted by atomic mass is 16.2. The minimum atomic E-state index is -0.777. The van der Waals surface area contributed by atoms with Crippen LogP contribution in [0.1, 0.15) is 27.4 Å². The maximum absolute atomic E-state index is 13.2. The number of nitrogens with one attached hydrogen (secondary N) is 2. The van der Waals surface area contributed by atoms with E-state index in [2.05, 4.69) is 10.6 Å². The van der Waals surface area contributed by atoms with Crippen LogP contribution in [-0.4, -0.2) is 24.9 Å². The van der Waals surface area contributed by atoms with Crippen molar-refractivity contribution >= 4 is 11.8 Å². The van der Waals surface area contributed by atoms with Crippen LogP contribution in [-0.2, 0) is 4.79 Å². The molecule has 0 aliphatic carbocycles. The van der Waals surface area contributed by atoms with Crippen molar-refractivity contribution in [3.63, 3.8) is 0 Å². The molecule has 0 spiro atoms. The highest BCUT2D eigenvalue weighted by Gasteiger charge is 2.32. The van der Waals surface area contributed by atoms with Gasteiger partial charge >= 0.3 is 0 Å². The summed E-state index contributed by atoms with van der Waals surface area (Å²) in [5.74, 6) is -0.873. The summed E-state index contributed by atoms with van der Waals surface area (Å²) in [6.45, 7) is 0. The minimum absolute atomic E-state index is 0.248. The summed E-state index contributed by atoms with van der Waals surface area (Å²) in [7, 11) is 1.59. The topological polar surface area (TPSA) is 58.2 Å². The lowest BCUT2D eigenvalue weighted by atomic mass is 9.84. The lowest BCUT2D eigenvalue weighted by molar-refractivity contribution is -0.122. The molecule has 0 saturated heterocycles. The minimum Gasteiger partial charge on any atom is -0.357 e. The smallest absolute Gasteiger partial charge is 0.251 e. The van der Waals surface area contributed by atoms with E-state index >= 15 is 0 Å². The number of carbonyl (C=O) groups is 2. The SMILES string of the molecule is CNC(=O)[C@@H](NC(=O)c1ccc(-c2ccccc2)cc1)C(c1ccccc1)c1ccccc1. The first-order chi connectivity index (χ1) is 16.2. The van der Waals surface area contributed by atoms with Gasteiger partial charge in [-0.1, -0.05) is 103 Å². The quantitative estimate of drug-likeness (QED) is 0.429. The number of rotatable bonds is 7. The lowest BCUT2D eigenvalue weighted by Crippen LogP contribution is -2.49. The van der Waals surface area contributed by atoms with Gasteiger partial charge in [-0.2, -0.15) is 0 Å². The standard InChI is InChI=1S/C29H26N2O2/c1-30-29(33)27(26(23-13-7-3-8-14-23)24-15-9-4-10-16-24)31-28(32)25-19-17-22(18-20-25)21-11-5-2-6-12-21/h2-20,26-27H,1H3,(H,30,33)(H,31,32)/t27-/m0/s1. The molecule has 0 aliphatic heterocycles. The fraction of sp³-hybridized carbons (Fsp3) is 0.103. The van der Waals surface area contributed by atoms with Crippen LogP contribution in [0, 0.1) is 0 Å². The van der Waals surface area contributed by atoms with E-state index in [0.29, 0.717) is 5.56 Å². The molecular weight excluding hydrogens is 408 g/mol. The van der Waals surface area contributed by atoms with Crippen LogP contribution in [0.3, 0.4) is 0 Å². The average molecular weight is 435 g/mol. The van der Waals surface area contributed by atoms with E-state index in [0.717, 1.165) is 22.3 Å². The molecule has 4 rings (SSSR count). The second-order valence-electron chi connectivity index (χ2n) is 7.81. The van der Waals surface area contributed by atoms with Gasteiger partial charge in [0.05, 0.1) is 0 Å². The molecule has 0 fully saturated rings. The molecule has 0 bridgehead atoms. The Morgan fingerprint density at radius 3 is 1.55 bits per heavy atom. The van der Waals surface area contributed by atoms with Crippen molar-refractivity contribution in [1.82, 2.24) is 10.6 Å². The molecule has 4 nitrogen and oxygen atoms in total. The zero-order valence-corrected chi connectivity index (χ0v) is 18.4. The second-order valence-corrected chi connectivity index (χ2v) is 7.81. The van der Waals surface area contributed by atoms with Gasteiger partial charge in [-0.05, 0) is 34.4 Å². The van der Waals surface area contributed by atoms with E-state index in [9.17, 15) is 9.59 Å². The third-order valence-electron chi connectivity index (χ3n) is 5.72. The van der Waals surface area contributed by atoms with Gasteiger partial charge in [-0.25, -0.2) is 0 Å². The van der Waals surface area contributed by atoms with Gasteiger partial charge in [0, 0.05) is 18.5 Å². The van der Waals surface area contributed by atoms with E-state index in [-0.39, 0.29) is 17.7 Å². The molecule has 4 heteroatoms. The third kappa shape index (κ3) is 5.18. The van der Waals surface area contributed by atoms with Gasteiger partial charge < -0.3 is 10.6 Å². The molecule has 33 heavy (non-hydrogen) atoms. The summed E-state index contributed by atoms with van der Waals surface area (Å²) in [4.78, 5) is 26.2. The first kappa shape index (κ1) is 22.0. The van der Waals surface area contributed by atoms with Crippen LogP contribution < -0.4 is 10.6 Å². The predicted octanol–water partition coefficient (Wildman–Crippen LogP) is 5.03. The number of amides is 2. The number of likely N-dealkylation sites (N-methyl/N-ethyl adjacent to an activating group) is 1. The maximum Gasteiger partial charge on any atom is 0.251 e. The summed E-state index contributed by atoms with van der Waals surface area (Å²) >= 11 is 0. The number of hydrogen-bond donors (Lipinski definition) is 2. The van der Waals surface area contributed by atoms with Crippen molar-refractivity contribution in [3.05, 3.63) is 132 Å². The predicted molar refractivity (Wildman–Crippen MR) is 132 cm³/mol. The molecule has 0 saturated carbocycles. The Labute approximate surface area is 194 Å². The van der Waals surface area contributed by atoms with Crippen molar-refractivity contribution in [2.45, 2.75) is 12.0 Å². The Morgan fingerprint density at radius 2 is 1.06 bits per heavy atom. The van der Waals surface area contributed by atoms with Gasteiger partial charge in [0.25, 0.3) is 5.91 Å². The second kappa shape index (κ2) is 10.4. The van der Waals surface area contributed by atoms with Crippen LogP contribution in [0.2, 0.25) is 0 Å². The molecule has 0 unspecified atom stereocenters. The van der Waals surface area contributed by atoms with Gasteiger partial charge in [0.15, 0.2) is 0 Å². The number of carbonyl (C=O) groups excluding carboxylic acids is 2. The van der Waals surface area contributed by atoms with Crippen LogP contribution >= 0.6 is 0 Å². The van der Waals surface area contributed by atoms with Crippen LogP contribution in [0.15, 0.2) is 115 Å². The molecule has 2 N–H and O–H groups in total. The normalized spacial score (nSPS) is 11.6. The molecule has 4 aromatic rings. The van der Waals surface area contributed by atoms with Crippen molar-refractivity contribution in [3.8, 4) is 11.1 Å². The Hall–Kier alpha value is -4.18. The summed E-state index contributed by atoms with van der Waals surface area (Å²) in [6.07, 6.45) is 0. The third-order valence-corrected chi connectivity index (χ3v) is 5.72. The highest BCUT2D eigenvalue weighted by Crippen LogP contribution is 2.29.